The van der Waals surface area contributed by atoms with E-state index in [4.69, 9.17) is 0 Å². The molecule has 3 saturated carbocycles. The standard InChI is InChI=1S/C22H35F5O.H2O/c1-14-2-4-15(5-3-14)6-7-16-8-10-17(11-9-16)18-12-19(23)21(20(24)13-18)28-22(25,26)27;/h14-21H,2-13H2,1H3;1H2. The monoisotopic (exact) mass is 428 g/mol. The zero-order valence-electron chi connectivity index (χ0n) is 17.4. The van der Waals surface area contributed by atoms with Crippen LogP contribution in [0.2, 0.25) is 0 Å². The van der Waals surface area contributed by atoms with Gasteiger partial charge in [0.15, 0.2) is 0 Å². The summed E-state index contributed by atoms with van der Waals surface area (Å²) in [7, 11) is 0. The fraction of sp³-hybridized carbons (Fsp3) is 1.00. The minimum Gasteiger partial charge on any atom is -0.412 e. The van der Waals surface area contributed by atoms with Crippen molar-refractivity contribution in [1.29, 1.82) is 0 Å². The Kier molecular flexibility index (Phi) is 9.20. The van der Waals surface area contributed by atoms with E-state index in [0.29, 0.717) is 5.92 Å². The summed E-state index contributed by atoms with van der Waals surface area (Å²) >= 11 is 0. The molecule has 0 aromatic rings. The van der Waals surface area contributed by atoms with Gasteiger partial charge in [-0.15, -0.1) is 13.2 Å². The van der Waals surface area contributed by atoms with Gasteiger partial charge in [0.1, 0.15) is 18.4 Å². The van der Waals surface area contributed by atoms with E-state index in [1.807, 2.05) is 0 Å². The molecule has 0 bridgehead atoms. The molecule has 0 aromatic carbocycles. The maximum Gasteiger partial charge on any atom is 0.522 e. The summed E-state index contributed by atoms with van der Waals surface area (Å²) in [5, 5.41) is 0. The maximum absolute atomic E-state index is 14.2. The van der Waals surface area contributed by atoms with E-state index in [0.717, 1.165) is 37.5 Å². The van der Waals surface area contributed by atoms with E-state index in [1.54, 1.807) is 0 Å². The minimum absolute atomic E-state index is 0. The Labute approximate surface area is 171 Å². The average Bonchev–Trinajstić information content (AvgIpc) is 2.64. The molecule has 0 radical (unpaired) electrons. The Morgan fingerprint density at radius 2 is 1.17 bits per heavy atom. The van der Waals surface area contributed by atoms with Gasteiger partial charge in [0, 0.05) is 0 Å². The van der Waals surface area contributed by atoms with Crippen molar-refractivity contribution in [2.45, 2.75) is 109 Å². The summed E-state index contributed by atoms with van der Waals surface area (Å²) in [6, 6.07) is 0. The predicted octanol–water partition coefficient (Wildman–Crippen LogP) is 6.57. The molecule has 2 atom stereocenters. The number of ether oxygens (including phenoxy) is 1. The number of rotatable bonds is 5. The minimum atomic E-state index is -4.99. The summed E-state index contributed by atoms with van der Waals surface area (Å²) < 4.78 is 69.2. The Balaban J connectivity index is 0.00000300. The molecule has 0 aromatic heterocycles. The highest BCUT2D eigenvalue weighted by atomic mass is 19.4. The summed E-state index contributed by atoms with van der Waals surface area (Å²) in [5.74, 6) is 2.55. The van der Waals surface area contributed by atoms with Crippen LogP contribution < -0.4 is 0 Å². The van der Waals surface area contributed by atoms with E-state index in [9.17, 15) is 22.0 Å². The van der Waals surface area contributed by atoms with Crippen LogP contribution in [0.15, 0.2) is 0 Å². The topological polar surface area (TPSA) is 40.7 Å². The fourth-order valence-electron chi connectivity index (χ4n) is 5.89. The Morgan fingerprint density at radius 3 is 1.62 bits per heavy atom. The third-order valence-corrected chi connectivity index (χ3v) is 7.72. The average molecular weight is 429 g/mol. The molecule has 2 N–H and O–H groups in total. The lowest BCUT2D eigenvalue weighted by molar-refractivity contribution is -0.358. The molecule has 2 nitrogen and oxygen atoms in total. The van der Waals surface area contributed by atoms with Gasteiger partial charge in [0.25, 0.3) is 0 Å². The Morgan fingerprint density at radius 1 is 0.724 bits per heavy atom. The lowest BCUT2D eigenvalue weighted by Gasteiger charge is -2.40. The van der Waals surface area contributed by atoms with Crippen LogP contribution in [0, 0.1) is 29.6 Å². The molecule has 0 heterocycles. The van der Waals surface area contributed by atoms with Crippen molar-refractivity contribution in [3.05, 3.63) is 0 Å². The molecule has 29 heavy (non-hydrogen) atoms. The van der Waals surface area contributed by atoms with Gasteiger partial charge in [-0.3, -0.25) is 4.74 Å². The second-order valence-electron chi connectivity index (χ2n) is 9.78. The van der Waals surface area contributed by atoms with Gasteiger partial charge < -0.3 is 5.48 Å². The van der Waals surface area contributed by atoms with Crippen LogP contribution in [-0.4, -0.2) is 30.3 Å². The van der Waals surface area contributed by atoms with Gasteiger partial charge in [-0.2, -0.15) is 0 Å². The normalized spacial score (nSPS) is 41.6. The van der Waals surface area contributed by atoms with Crippen molar-refractivity contribution < 1.29 is 32.2 Å². The predicted molar refractivity (Wildman–Crippen MR) is 103 cm³/mol. The lowest BCUT2D eigenvalue weighted by Crippen LogP contribution is -2.46. The zero-order valence-corrected chi connectivity index (χ0v) is 17.4. The smallest absolute Gasteiger partial charge is 0.412 e. The molecule has 7 heteroatoms. The number of alkyl halides is 5. The first-order chi connectivity index (χ1) is 13.2. The molecule has 0 aliphatic heterocycles. The molecular weight excluding hydrogens is 391 g/mol. The van der Waals surface area contributed by atoms with Gasteiger partial charge in [0.2, 0.25) is 0 Å². The highest BCUT2D eigenvalue weighted by molar-refractivity contribution is 4.92. The van der Waals surface area contributed by atoms with Crippen molar-refractivity contribution in [2.75, 3.05) is 0 Å². The second-order valence-corrected chi connectivity index (χ2v) is 9.78. The van der Waals surface area contributed by atoms with Crippen LogP contribution >= 0.6 is 0 Å². The first kappa shape index (κ1) is 24.8. The molecule has 0 amide bonds. The van der Waals surface area contributed by atoms with Gasteiger partial charge in [-0.1, -0.05) is 58.3 Å². The molecule has 3 fully saturated rings. The van der Waals surface area contributed by atoms with Gasteiger partial charge in [0.05, 0.1) is 0 Å². The van der Waals surface area contributed by atoms with Crippen LogP contribution in [0.3, 0.4) is 0 Å². The summed E-state index contributed by atoms with van der Waals surface area (Å²) in [5.41, 5.74) is 0. The van der Waals surface area contributed by atoms with Gasteiger partial charge >= 0.3 is 6.36 Å². The van der Waals surface area contributed by atoms with Crippen molar-refractivity contribution in [3.8, 4) is 0 Å². The van der Waals surface area contributed by atoms with Crippen molar-refractivity contribution >= 4 is 0 Å². The Hall–Kier alpha value is -0.430. The lowest BCUT2D eigenvalue weighted by atomic mass is 9.68. The van der Waals surface area contributed by atoms with Crippen LogP contribution in [0.5, 0.6) is 0 Å². The van der Waals surface area contributed by atoms with Crippen molar-refractivity contribution in [3.63, 3.8) is 0 Å². The summed E-state index contributed by atoms with van der Waals surface area (Å²) in [4.78, 5) is 0. The Bertz CT molecular complexity index is 458. The second kappa shape index (κ2) is 10.7. The third-order valence-electron chi connectivity index (χ3n) is 7.72. The SMILES string of the molecule is CC1CCC(CCC2CCC(C3CC(F)C(OC(F)(F)F)C(F)C3)CC2)CC1.O. The molecular formula is C22H37F5O2. The highest BCUT2D eigenvalue weighted by Crippen LogP contribution is 2.44. The van der Waals surface area contributed by atoms with E-state index < -0.39 is 24.8 Å². The van der Waals surface area contributed by atoms with Crippen LogP contribution in [0.25, 0.3) is 0 Å². The quantitative estimate of drug-likeness (QED) is 0.457. The van der Waals surface area contributed by atoms with E-state index >= 15 is 0 Å². The van der Waals surface area contributed by atoms with Crippen LogP contribution in [-0.2, 0) is 4.74 Å². The van der Waals surface area contributed by atoms with Crippen LogP contribution in [0.1, 0.15) is 84.0 Å². The van der Waals surface area contributed by atoms with Crippen molar-refractivity contribution in [2.24, 2.45) is 29.6 Å². The van der Waals surface area contributed by atoms with Crippen LogP contribution in [0.4, 0.5) is 22.0 Å². The van der Waals surface area contributed by atoms with Gasteiger partial charge in [-0.05, 0) is 55.3 Å². The van der Waals surface area contributed by atoms with E-state index in [2.05, 4.69) is 11.7 Å². The first-order valence-corrected chi connectivity index (χ1v) is 11.2. The van der Waals surface area contributed by atoms with Crippen molar-refractivity contribution in [1.82, 2.24) is 0 Å². The third kappa shape index (κ3) is 7.34. The molecule has 0 spiro atoms. The molecule has 2 unspecified atom stereocenters. The molecule has 172 valence electrons. The zero-order chi connectivity index (χ0) is 20.3. The fourth-order valence-corrected chi connectivity index (χ4v) is 5.89. The largest absolute Gasteiger partial charge is 0.522 e. The number of hydrogen-bond acceptors (Lipinski definition) is 1. The van der Waals surface area contributed by atoms with Gasteiger partial charge in [-0.25, -0.2) is 8.78 Å². The highest BCUT2D eigenvalue weighted by Gasteiger charge is 2.47. The molecule has 0 saturated heterocycles. The molecule has 3 rings (SSSR count). The number of halogens is 5. The van der Waals surface area contributed by atoms with E-state index in [-0.39, 0.29) is 30.2 Å². The molecule has 3 aliphatic carbocycles. The summed E-state index contributed by atoms with van der Waals surface area (Å²) in [6.45, 7) is 2.34. The first-order valence-electron chi connectivity index (χ1n) is 11.2. The van der Waals surface area contributed by atoms with E-state index in [1.165, 1.54) is 38.5 Å². The number of hydrogen-bond donors (Lipinski definition) is 0. The summed E-state index contributed by atoms with van der Waals surface area (Å²) in [6.07, 6.45) is 1.37. The molecule has 3 aliphatic rings. The maximum atomic E-state index is 14.2.